The number of hydrogen-bond donors (Lipinski definition) is 2. The number of likely N-dealkylation sites (tertiary alicyclic amines) is 1. The van der Waals surface area contributed by atoms with Gasteiger partial charge >= 0.3 is 5.97 Å². The van der Waals surface area contributed by atoms with Crippen LogP contribution in [0.4, 0.5) is 0 Å². The second-order valence-electron chi connectivity index (χ2n) is 4.71. The largest absolute Gasteiger partial charge is 0.480 e. The van der Waals surface area contributed by atoms with E-state index in [1.165, 1.54) is 0 Å². The van der Waals surface area contributed by atoms with Crippen LogP contribution in [0.2, 0.25) is 0 Å². The minimum absolute atomic E-state index is 0.105. The standard InChI is InChI=1S/C11H21NO3/c1-8(9(2)13)12-7-5-4-6-11(12,3)10(14)15/h8-9,13H,4-7H2,1-3H3,(H,14,15). The first-order chi connectivity index (χ1) is 6.89. The maximum absolute atomic E-state index is 11.3. The summed E-state index contributed by atoms with van der Waals surface area (Å²) in [5.74, 6) is -0.783. The summed E-state index contributed by atoms with van der Waals surface area (Å²) in [5, 5.41) is 18.8. The van der Waals surface area contributed by atoms with Gasteiger partial charge in [-0.15, -0.1) is 0 Å². The third-order valence-corrected chi connectivity index (χ3v) is 3.60. The van der Waals surface area contributed by atoms with Crippen LogP contribution in [-0.4, -0.2) is 45.3 Å². The normalized spacial score (nSPS) is 32.3. The van der Waals surface area contributed by atoms with Crippen molar-refractivity contribution in [3.05, 3.63) is 0 Å². The molecule has 0 amide bonds. The van der Waals surface area contributed by atoms with E-state index in [1.54, 1.807) is 13.8 Å². The third-order valence-electron chi connectivity index (χ3n) is 3.60. The highest BCUT2D eigenvalue weighted by Crippen LogP contribution is 2.30. The molecule has 3 unspecified atom stereocenters. The lowest BCUT2D eigenvalue weighted by Crippen LogP contribution is -2.60. The first-order valence-electron chi connectivity index (χ1n) is 5.58. The molecule has 3 atom stereocenters. The molecule has 1 aliphatic rings. The molecule has 4 nitrogen and oxygen atoms in total. The molecule has 2 N–H and O–H groups in total. The number of hydrogen-bond acceptors (Lipinski definition) is 3. The molecule has 4 heteroatoms. The Morgan fingerprint density at radius 2 is 2.00 bits per heavy atom. The van der Waals surface area contributed by atoms with Crippen LogP contribution in [0.5, 0.6) is 0 Å². The first-order valence-corrected chi connectivity index (χ1v) is 5.58. The zero-order valence-corrected chi connectivity index (χ0v) is 9.73. The maximum Gasteiger partial charge on any atom is 0.323 e. The van der Waals surface area contributed by atoms with Gasteiger partial charge in [0.15, 0.2) is 0 Å². The minimum atomic E-state index is -0.811. The molecule has 0 aromatic carbocycles. The Kier molecular flexibility index (Phi) is 3.73. The summed E-state index contributed by atoms with van der Waals surface area (Å²) >= 11 is 0. The molecule has 0 radical (unpaired) electrons. The second-order valence-corrected chi connectivity index (χ2v) is 4.71. The van der Waals surface area contributed by atoms with Gasteiger partial charge in [-0.3, -0.25) is 9.69 Å². The molecule has 0 aromatic heterocycles. The molecule has 15 heavy (non-hydrogen) atoms. The van der Waals surface area contributed by atoms with E-state index in [2.05, 4.69) is 0 Å². The van der Waals surface area contributed by atoms with Crippen molar-refractivity contribution in [2.45, 2.75) is 57.7 Å². The molecule has 0 bridgehead atoms. The van der Waals surface area contributed by atoms with Gasteiger partial charge in [0, 0.05) is 6.04 Å². The Labute approximate surface area is 90.9 Å². The molecule has 0 aromatic rings. The molecule has 1 rings (SSSR count). The van der Waals surface area contributed by atoms with Crippen molar-refractivity contribution in [2.24, 2.45) is 0 Å². The van der Waals surface area contributed by atoms with Crippen molar-refractivity contribution >= 4 is 5.97 Å². The monoisotopic (exact) mass is 215 g/mol. The Morgan fingerprint density at radius 3 is 2.47 bits per heavy atom. The highest BCUT2D eigenvalue weighted by Gasteiger charge is 2.44. The van der Waals surface area contributed by atoms with Crippen molar-refractivity contribution in [3.63, 3.8) is 0 Å². The maximum atomic E-state index is 11.3. The van der Waals surface area contributed by atoms with Gasteiger partial charge in [-0.1, -0.05) is 0 Å². The SMILES string of the molecule is CC(O)C(C)N1CCCCC1(C)C(=O)O. The number of aliphatic carboxylic acids is 1. The predicted molar refractivity (Wildman–Crippen MR) is 57.7 cm³/mol. The number of rotatable bonds is 3. The summed E-state index contributed by atoms with van der Waals surface area (Å²) in [6.45, 7) is 6.11. The summed E-state index contributed by atoms with van der Waals surface area (Å²) < 4.78 is 0. The Balaban J connectivity index is 2.87. The molecular weight excluding hydrogens is 194 g/mol. The van der Waals surface area contributed by atoms with E-state index in [9.17, 15) is 15.0 Å². The first kappa shape index (κ1) is 12.5. The third kappa shape index (κ3) is 2.32. The van der Waals surface area contributed by atoms with Crippen LogP contribution in [0, 0.1) is 0 Å². The molecule has 1 aliphatic heterocycles. The van der Waals surface area contributed by atoms with Gasteiger partial charge in [-0.25, -0.2) is 0 Å². The van der Waals surface area contributed by atoms with Gasteiger partial charge in [0.2, 0.25) is 0 Å². The summed E-state index contributed by atoms with van der Waals surface area (Å²) in [5.41, 5.74) is -0.811. The number of carboxylic acids is 1. The van der Waals surface area contributed by atoms with Crippen LogP contribution < -0.4 is 0 Å². The average molecular weight is 215 g/mol. The Hall–Kier alpha value is -0.610. The Morgan fingerprint density at radius 1 is 1.40 bits per heavy atom. The number of nitrogens with zero attached hydrogens (tertiary/aromatic N) is 1. The van der Waals surface area contributed by atoms with Crippen LogP contribution in [0.25, 0.3) is 0 Å². The van der Waals surface area contributed by atoms with Crippen LogP contribution in [-0.2, 0) is 4.79 Å². The highest BCUT2D eigenvalue weighted by molar-refractivity contribution is 5.78. The van der Waals surface area contributed by atoms with E-state index >= 15 is 0 Å². The van der Waals surface area contributed by atoms with Crippen LogP contribution in [0.3, 0.4) is 0 Å². The van der Waals surface area contributed by atoms with Crippen molar-refractivity contribution < 1.29 is 15.0 Å². The van der Waals surface area contributed by atoms with E-state index in [0.717, 1.165) is 19.4 Å². The van der Waals surface area contributed by atoms with Crippen LogP contribution in [0.15, 0.2) is 0 Å². The molecule has 0 aliphatic carbocycles. The highest BCUT2D eigenvalue weighted by atomic mass is 16.4. The number of carboxylic acid groups (broad SMARTS) is 1. The van der Waals surface area contributed by atoms with E-state index in [4.69, 9.17) is 0 Å². The minimum Gasteiger partial charge on any atom is -0.480 e. The quantitative estimate of drug-likeness (QED) is 0.739. The van der Waals surface area contributed by atoms with Gasteiger partial charge in [0.05, 0.1) is 6.10 Å². The number of carbonyl (C=O) groups is 1. The molecule has 1 heterocycles. The molecule has 1 fully saturated rings. The fourth-order valence-corrected chi connectivity index (χ4v) is 2.29. The predicted octanol–water partition coefficient (Wildman–Crippen LogP) is 1.08. The number of aliphatic hydroxyl groups is 1. The smallest absolute Gasteiger partial charge is 0.323 e. The fourth-order valence-electron chi connectivity index (χ4n) is 2.29. The average Bonchev–Trinajstić information content (AvgIpc) is 2.17. The van der Waals surface area contributed by atoms with E-state index in [0.29, 0.717) is 6.42 Å². The Bertz CT molecular complexity index is 242. The lowest BCUT2D eigenvalue weighted by Gasteiger charge is -2.45. The second kappa shape index (κ2) is 4.49. The summed E-state index contributed by atoms with van der Waals surface area (Å²) in [6.07, 6.45) is 2.13. The molecule has 0 saturated carbocycles. The zero-order valence-electron chi connectivity index (χ0n) is 9.73. The van der Waals surface area contributed by atoms with Gasteiger partial charge in [-0.2, -0.15) is 0 Å². The van der Waals surface area contributed by atoms with E-state index < -0.39 is 17.6 Å². The lowest BCUT2D eigenvalue weighted by atomic mass is 9.86. The van der Waals surface area contributed by atoms with Gasteiger partial charge in [0.25, 0.3) is 0 Å². The number of aliphatic hydroxyl groups excluding tert-OH is 1. The van der Waals surface area contributed by atoms with Crippen LogP contribution >= 0.6 is 0 Å². The summed E-state index contributed by atoms with van der Waals surface area (Å²) in [4.78, 5) is 13.2. The van der Waals surface area contributed by atoms with Crippen LogP contribution in [0.1, 0.15) is 40.0 Å². The molecular formula is C11H21NO3. The molecule has 0 spiro atoms. The van der Waals surface area contributed by atoms with E-state index in [-0.39, 0.29) is 6.04 Å². The van der Waals surface area contributed by atoms with E-state index in [1.807, 2.05) is 11.8 Å². The summed E-state index contributed by atoms with van der Waals surface area (Å²) in [7, 11) is 0. The van der Waals surface area contributed by atoms with Crippen molar-refractivity contribution in [1.29, 1.82) is 0 Å². The zero-order chi connectivity index (χ0) is 11.6. The summed E-state index contributed by atoms with van der Waals surface area (Å²) in [6, 6.07) is -0.105. The van der Waals surface area contributed by atoms with Gasteiger partial charge < -0.3 is 10.2 Å². The lowest BCUT2D eigenvalue weighted by molar-refractivity contribution is -0.156. The van der Waals surface area contributed by atoms with Gasteiger partial charge in [-0.05, 0) is 46.6 Å². The van der Waals surface area contributed by atoms with Gasteiger partial charge in [0.1, 0.15) is 5.54 Å². The molecule has 1 saturated heterocycles. The van der Waals surface area contributed by atoms with Crippen molar-refractivity contribution in [2.75, 3.05) is 6.54 Å². The number of piperidine rings is 1. The topological polar surface area (TPSA) is 60.8 Å². The fraction of sp³-hybridized carbons (Fsp3) is 0.909. The van der Waals surface area contributed by atoms with Crippen molar-refractivity contribution in [1.82, 2.24) is 4.90 Å². The molecule has 88 valence electrons. The van der Waals surface area contributed by atoms with Crippen molar-refractivity contribution in [3.8, 4) is 0 Å².